The van der Waals surface area contributed by atoms with E-state index in [9.17, 15) is 10.1 Å². The SMILES string of the molecule is N/N=C(\N)Cc1ccc([N+](=O)[O-])cc1.O=S(O)(O)=S. The molecule has 0 bridgehead atoms. The molecule has 0 saturated heterocycles. The minimum Gasteiger partial charge on any atom is -0.385 e. The summed E-state index contributed by atoms with van der Waals surface area (Å²) in [7, 11) is -3.83. The normalized spacial score (nSPS) is 11.4. The molecule has 0 heterocycles. The summed E-state index contributed by atoms with van der Waals surface area (Å²) in [6.07, 6.45) is 0.397. The molecular weight excluding hydrogens is 296 g/mol. The molecule has 1 aromatic rings. The highest BCUT2D eigenvalue weighted by Crippen LogP contribution is 2.11. The minimum atomic E-state index is -3.83. The fraction of sp³-hybridized carbons (Fsp3) is 0.125. The van der Waals surface area contributed by atoms with Gasteiger partial charge in [0.2, 0.25) is 0 Å². The fourth-order valence-electron chi connectivity index (χ4n) is 0.990. The third-order valence-corrected chi connectivity index (χ3v) is 1.70. The van der Waals surface area contributed by atoms with Gasteiger partial charge in [0.25, 0.3) is 14.7 Å². The molecule has 0 amide bonds. The topological polar surface area (TPSA) is 165 Å². The quantitative estimate of drug-likeness (QED) is 0.200. The highest BCUT2D eigenvalue weighted by atomic mass is 32.9. The van der Waals surface area contributed by atoms with Gasteiger partial charge in [-0.2, -0.15) is 9.31 Å². The number of hydrazone groups is 1. The number of amidine groups is 1. The van der Waals surface area contributed by atoms with Gasteiger partial charge in [-0.15, -0.1) is 0 Å². The Morgan fingerprint density at radius 2 is 1.84 bits per heavy atom. The number of nitro groups is 1. The summed E-state index contributed by atoms with van der Waals surface area (Å²) in [5.41, 5.74) is 6.28. The van der Waals surface area contributed by atoms with Crippen molar-refractivity contribution < 1.29 is 18.2 Å². The van der Waals surface area contributed by atoms with Crippen molar-refractivity contribution in [1.82, 2.24) is 0 Å². The Kier molecular flexibility index (Phi) is 6.85. The lowest BCUT2D eigenvalue weighted by Crippen LogP contribution is -2.16. The molecule has 0 aliphatic rings. The number of rotatable bonds is 3. The number of hydrogen-bond donors (Lipinski definition) is 4. The Hall–Kier alpha value is -1.82. The molecule has 0 unspecified atom stereocenters. The van der Waals surface area contributed by atoms with E-state index in [2.05, 4.69) is 16.3 Å². The molecule has 0 spiro atoms. The molecule has 0 saturated carbocycles. The lowest BCUT2D eigenvalue weighted by Gasteiger charge is -1.98. The number of nitro benzene ring substituents is 1. The first-order valence-electron chi connectivity index (χ1n) is 4.59. The highest BCUT2D eigenvalue weighted by Gasteiger charge is 2.04. The summed E-state index contributed by atoms with van der Waals surface area (Å²) >= 11 is 3.47. The maximum atomic E-state index is 10.3. The molecule has 0 aromatic heterocycles. The Labute approximate surface area is 113 Å². The summed E-state index contributed by atoms with van der Waals surface area (Å²) in [6.45, 7) is 0. The van der Waals surface area contributed by atoms with Crippen LogP contribution in [0.3, 0.4) is 0 Å². The van der Waals surface area contributed by atoms with Crippen molar-refractivity contribution >= 4 is 31.8 Å². The third-order valence-electron chi connectivity index (χ3n) is 1.70. The van der Waals surface area contributed by atoms with Crippen LogP contribution >= 0.6 is 0 Å². The van der Waals surface area contributed by atoms with Crippen molar-refractivity contribution in [3.8, 4) is 0 Å². The summed E-state index contributed by atoms with van der Waals surface area (Å²) < 4.78 is 24.0. The summed E-state index contributed by atoms with van der Waals surface area (Å²) in [4.78, 5) is 9.87. The molecular formula is C8H12N4O5S2. The van der Waals surface area contributed by atoms with Gasteiger partial charge in [-0.05, 0) is 5.56 Å². The summed E-state index contributed by atoms with van der Waals surface area (Å²) in [6, 6.07) is 6.07. The second kappa shape index (κ2) is 7.58. The van der Waals surface area contributed by atoms with E-state index >= 15 is 0 Å². The zero-order chi connectivity index (χ0) is 15.1. The molecule has 0 fully saturated rings. The van der Waals surface area contributed by atoms with Crippen LogP contribution in [0.5, 0.6) is 0 Å². The minimum absolute atomic E-state index is 0.0528. The lowest BCUT2D eigenvalue weighted by atomic mass is 10.1. The van der Waals surface area contributed by atoms with Crippen LogP contribution in [0.2, 0.25) is 0 Å². The molecule has 11 heteroatoms. The second-order valence-corrected chi connectivity index (χ2v) is 5.37. The molecule has 0 radical (unpaired) electrons. The van der Waals surface area contributed by atoms with Gasteiger partial charge in [-0.1, -0.05) is 12.1 Å². The van der Waals surface area contributed by atoms with Crippen molar-refractivity contribution in [2.45, 2.75) is 6.42 Å². The maximum absolute atomic E-state index is 10.3. The van der Waals surface area contributed by atoms with Crippen molar-refractivity contribution in [3.05, 3.63) is 39.9 Å². The molecule has 6 N–H and O–H groups in total. The van der Waals surface area contributed by atoms with Gasteiger partial charge in [-0.3, -0.25) is 19.2 Å². The predicted molar refractivity (Wildman–Crippen MR) is 73.4 cm³/mol. The Morgan fingerprint density at radius 3 is 2.16 bits per heavy atom. The van der Waals surface area contributed by atoms with Crippen LogP contribution in [0.25, 0.3) is 0 Å². The molecule has 1 aromatic carbocycles. The molecule has 0 atom stereocenters. The van der Waals surface area contributed by atoms with Crippen molar-refractivity contribution in [3.63, 3.8) is 0 Å². The molecule has 9 nitrogen and oxygen atoms in total. The average Bonchev–Trinajstić information content (AvgIpc) is 2.27. The van der Waals surface area contributed by atoms with E-state index in [1.165, 1.54) is 12.1 Å². The first-order chi connectivity index (χ1) is 8.63. The number of hydrogen-bond acceptors (Lipinski definition) is 6. The van der Waals surface area contributed by atoms with Gasteiger partial charge >= 0.3 is 0 Å². The van der Waals surface area contributed by atoms with Gasteiger partial charge in [0.15, 0.2) is 0 Å². The molecule has 0 aliphatic carbocycles. The van der Waals surface area contributed by atoms with Gasteiger partial charge in [0.05, 0.1) is 4.92 Å². The number of nitrogens with two attached hydrogens (primary N) is 2. The number of benzene rings is 1. The Bertz CT molecular complexity index is 547. The van der Waals surface area contributed by atoms with Crippen LogP contribution in [0.4, 0.5) is 5.69 Å². The van der Waals surface area contributed by atoms with Gasteiger partial charge in [-0.25, -0.2) is 0 Å². The number of non-ortho nitro benzene ring substituents is 1. The lowest BCUT2D eigenvalue weighted by molar-refractivity contribution is -0.384. The van der Waals surface area contributed by atoms with Crippen LogP contribution in [-0.2, 0) is 26.7 Å². The first-order valence-corrected chi connectivity index (χ1v) is 6.98. The monoisotopic (exact) mass is 308 g/mol. The van der Waals surface area contributed by atoms with Crippen LogP contribution in [0.1, 0.15) is 5.56 Å². The molecule has 19 heavy (non-hydrogen) atoms. The van der Waals surface area contributed by atoms with Gasteiger partial charge < -0.3 is 11.6 Å². The fourth-order valence-corrected chi connectivity index (χ4v) is 0.990. The van der Waals surface area contributed by atoms with E-state index in [1.54, 1.807) is 12.1 Å². The van der Waals surface area contributed by atoms with Crippen molar-refractivity contribution in [1.29, 1.82) is 0 Å². The first kappa shape index (κ1) is 17.2. The van der Waals surface area contributed by atoms with Crippen molar-refractivity contribution in [2.75, 3.05) is 0 Å². The Morgan fingerprint density at radius 1 is 1.42 bits per heavy atom. The zero-order valence-corrected chi connectivity index (χ0v) is 11.1. The molecule has 1 rings (SSSR count). The van der Waals surface area contributed by atoms with Crippen LogP contribution in [0.15, 0.2) is 29.4 Å². The second-order valence-electron chi connectivity index (χ2n) is 3.17. The smallest absolute Gasteiger partial charge is 0.269 e. The zero-order valence-electron chi connectivity index (χ0n) is 9.50. The van der Waals surface area contributed by atoms with Crippen LogP contribution in [0, 0.1) is 10.1 Å². The van der Waals surface area contributed by atoms with E-state index < -0.39 is 14.0 Å². The molecule has 0 aliphatic heterocycles. The van der Waals surface area contributed by atoms with Crippen molar-refractivity contribution in [2.24, 2.45) is 16.7 Å². The third kappa shape index (κ3) is 9.84. The molecule has 106 valence electrons. The average molecular weight is 308 g/mol. The van der Waals surface area contributed by atoms with Gasteiger partial charge in [0.1, 0.15) is 5.84 Å². The van der Waals surface area contributed by atoms with E-state index in [1.807, 2.05) is 0 Å². The summed E-state index contributed by atoms with van der Waals surface area (Å²) in [5, 5.41) is 13.6. The number of nitrogens with zero attached hydrogens (tertiary/aromatic N) is 2. The van der Waals surface area contributed by atoms with E-state index in [0.29, 0.717) is 12.3 Å². The maximum Gasteiger partial charge on any atom is 0.269 e. The Balaban J connectivity index is 0.000000555. The van der Waals surface area contributed by atoms with E-state index in [4.69, 9.17) is 24.9 Å². The largest absolute Gasteiger partial charge is 0.385 e. The summed E-state index contributed by atoms with van der Waals surface area (Å²) in [5.74, 6) is 5.24. The standard InChI is InChI=1S/C8H10N4O2.H2O3S2/c9-8(11-10)5-6-1-3-7(4-2-6)12(13)14;1-5(2,3)4/h1-4H,5,10H2,(H2,9,11);(H2,1,2,3,4). The van der Waals surface area contributed by atoms with Crippen LogP contribution in [-0.4, -0.2) is 24.1 Å². The highest BCUT2D eigenvalue weighted by molar-refractivity contribution is 8.26. The van der Waals surface area contributed by atoms with E-state index in [-0.39, 0.29) is 5.69 Å². The van der Waals surface area contributed by atoms with E-state index in [0.717, 1.165) is 5.56 Å². The van der Waals surface area contributed by atoms with Crippen LogP contribution < -0.4 is 11.6 Å². The van der Waals surface area contributed by atoms with Gasteiger partial charge in [0, 0.05) is 29.7 Å². The predicted octanol–water partition coefficient (Wildman–Crippen LogP) is 0.0469.